The topological polar surface area (TPSA) is 90.0 Å². The largest absolute Gasteiger partial charge is 0.321 e. The Morgan fingerprint density at radius 1 is 1.25 bits per heavy atom. The van der Waals surface area contributed by atoms with E-state index in [0.717, 1.165) is 29.2 Å². The number of nitrogens with zero attached hydrogens (tertiary/aromatic N) is 6. The molecule has 0 fully saturated rings. The smallest absolute Gasteiger partial charge is 0.274 e. The molecule has 8 heteroatoms. The minimum Gasteiger partial charge on any atom is -0.321 e. The third-order valence-electron chi connectivity index (χ3n) is 4.78. The highest BCUT2D eigenvalue weighted by Crippen LogP contribution is 2.22. The quantitative estimate of drug-likeness (QED) is 0.579. The van der Waals surface area contributed by atoms with Crippen LogP contribution in [0.4, 0.5) is 5.69 Å². The van der Waals surface area contributed by atoms with Crippen molar-refractivity contribution in [3.05, 3.63) is 71.7 Å². The predicted octanol–water partition coefficient (Wildman–Crippen LogP) is 2.76. The Morgan fingerprint density at radius 3 is 2.89 bits per heavy atom. The van der Waals surface area contributed by atoms with Gasteiger partial charge in [-0.05, 0) is 36.6 Å². The summed E-state index contributed by atoms with van der Waals surface area (Å²) in [6.45, 7) is 4.03. The maximum absolute atomic E-state index is 12.7. The fourth-order valence-corrected chi connectivity index (χ4v) is 3.19. The van der Waals surface area contributed by atoms with E-state index in [1.54, 1.807) is 29.2 Å². The van der Waals surface area contributed by atoms with Gasteiger partial charge in [0, 0.05) is 30.9 Å². The molecule has 0 saturated carbocycles. The SMILES string of the molecule is Cc1cc(C(=O)Nc2cccc([C@H](C)Cc3nncn3C)c2)nc2ccnn12. The minimum absolute atomic E-state index is 0.239. The van der Waals surface area contributed by atoms with Crippen molar-refractivity contribution in [2.45, 2.75) is 26.2 Å². The Kier molecular flexibility index (Phi) is 4.60. The first kappa shape index (κ1) is 17.8. The summed E-state index contributed by atoms with van der Waals surface area (Å²) in [4.78, 5) is 17.1. The Bertz CT molecular complexity index is 1140. The van der Waals surface area contributed by atoms with E-state index in [-0.39, 0.29) is 11.8 Å². The van der Waals surface area contributed by atoms with E-state index in [2.05, 4.69) is 38.6 Å². The highest BCUT2D eigenvalue weighted by Gasteiger charge is 2.14. The van der Waals surface area contributed by atoms with Crippen LogP contribution in [-0.4, -0.2) is 35.3 Å². The first-order chi connectivity index (χ1) is 13.5. The van der Waals surface area contributed by atoms with E-state index < -0.39 is 0 Å². The summed E-state index contributed by atoms with van der Waals surface area (Å²) >= 11 is 0. The highest BCUT2D eigenvalue weighted by molar-refractivity contribution is 6.03. The van der Waals surface area contributed by atoms with Gasteiger partial charge < -0.3 is 9.88 Å². The maximum atomic E-state index is 12.7. The van der Waals surface area contributed by atoms with E-state index >= 15 is 0 Å². The molecule has 0 spiro atoms. The Balaban J connectivity index is 1.52. The second-order valence-corrected chi connectivity index (χ2v) is 6.93. The van der Waals surface area contributed by atoms with Gasteiger partial charge >= 0.3 is 0 Å². The molecule has 0 aliphatic rings. The lowest BCUT2D eigenvalue weighted by Gasteiger charge is -2.13. The summed E-state index contributed by atoms with van der Waals surface area (Å²) in [6, 6.07) is 11.4. The monoisotopic (exact) mass is 375 g/mol. The number of carbonyl (C=O) groups is 1. The number of aryl methyl sites for hydroxylation is 2. The fourth-order valence-electron chi connectivity index (χ4n) is 3.19. The fraction of sp³-hybridized carbons (Fsp3) is 0.250. The van der Waals surface area contributed by atoms with Crippen LogP contribution in [0.1, 0.15) is 40.4 Å². The van der Waals surface area contributed by atoms with Crippen molar-refractivity contribution < 1.29 is 4.79 Å². The van der Waals surface area contributed by atoms with Gasteiger partial charge in [-0.2, -0.15) is 5.10 Å². The number of benzene rings is 1. The van der Waals surface area contributed by atoms with Crippen LogP contribution in [0.2, 0.25) is 0 Å². The molecule has 4 rings (SSSR count). The average molecular weight is 375 g/mol. The summed E-state index contributed by atoms with van der Waals surface area (Å²) in [7, 11) is 1.94. The van der Waals surface area contributed by atoms with Crippen LogP contribution < -0.4 is 5.32 Å². The second kappa shape index (κ2) is 7.22. The van der Waals surface area contributed by atoms with Crippen molar-refractivity contribution in [1.82, 2.24) is 29.4 Å². The second-order valence-electron chi connectivity index (χ2n) is 6.93. The van der Waals surface area contributed by atoms with Gasteiger partial charge in [-0.3, -0.25) is 4.79 Å². The molecule has 0 aliphatic carbocycles. The number of anilines is 1. The zero-order chi connectivity index (χ0) is 19.7. The van der Waals surface area contributed by atoms with E-state index in [9.17, 15) is 4.79 Å². The van der Waals surface area contributed by atoms with Crippen LogP contribution in [0, 0.1) is 6.92 Å². The van der Waals surface area contributed by atoms with Gasteiger partial charge in [-0.15, -0.1) is 10.2 Å². The summed E-state index contributed by atoms with van der Waals surface area (Å²) in [6.07, 6.45) is 4.14. The zero-order valence-corrected chi connectivity index (χ0v) is 16.0. The van der Waals surface area contributed by atoms with E-state index in [4.69, 9.17) is 0 Å². The number of aromatic nitrogens is 6. The number of hydrogen-bond donors (Lipinski definition) is 1. The van der Waals surface area contributed by atoms with Crippen LogP contribution in [-0.2, 0) is 13.5 Å². The van der Waals surface area contributed by atoms with Crippen LogP contribution in [0.15, 0.2) is 48.9 Å². The molecule has 28 heavy (non-hydrogen) atoms. The third kappa shape index (κ3) is 3.48. The summed E-state index contributed by atoms with van der Waals surface area (Å²) in [5.41, 5.74) is 3.72. The van der Waals surface area contributed by atoms with Crippen LogP contribution in [0.25, 0.3) is 5.65 Å². The molecule has 4 aromatic rings. The molecular formula is C20H21N7O. The van der Waals surface area contributed by atoms with E-state index in [0.29, 0.717) is 11.3 Å². The molecule has 0 saturated heterocycles. The van der Waals surface area contributed by atoms with Gasteiger partial charge in [0.1, 0.15) is 17.8 Å². The molecule has 0 unspecified atom stereocenters. The van der Waals surface area contributed by atoms with Crippen molar-refractivity contribution in [2.75, 3.05) is 5.32 Å². The molecule has 1 amide bonds. The lowest BCUT2D eigenvalue weighted by Crippen LogP contribution is -2.15. The van der Waals surface area contributed by atoms with Crippen molar-refractivity contribution in [3.63, 3.8) is 0 Å². The molecule has 3 heterocycles. The van der Waals surface area contributed by atoms with Gasteiger partial charge in [0.05, 0.1) is 6.20 Å². The molecule has 1 N–H and O–H groups in total. The highest BCUT2D eigenvalue weighted by atomic mass is 16.1. The molecule has 1 aromatic carbocycles. The number of fused-ring (bicyclic) bond motifs is 1. The average Bonchev–Trinajstić information content (AvgIpc) is 3.31. The molecule has 0 radical (unpaired) electrons. The molecule has 3 aromatic heterocycles. The van der Waals surface area contributed by atoms with Gasteiger partial charge in [0.25, 0.3) is 5.91 Å². The van der Waals surface area contributed by atoms with E-state index in [1.807, 2.05) is 36.7 Å². The molecule has 0 aliphatic heterocycles. The van der Waals surface area contributed by atoms with Crippen LogP contribution >= 0.6 is 0 Å². The van der Waals surface area contributed by atoms with Crippen LogP contribution in [0.3, 0.4) is 0 Å². The van der Waals surface area contributed by atoms with Gasteiger partial charge in [-0.1, -0.05) is 19.1 Å². The Hall–Kier alpha value is -3.55. The molecular weight excluding hydrogens is 354 g/mol. The predicted molar refractivity (Wildman–Crippen MR) is 105 cm³/mol. The summed E-state index contributed by atoms with van der Waals surface area (Å²) < 4.78 is 3.62. The summed E-state index contributed by atoms with van der Waals surface area (Å²) in [5, 5.41) is 15.2. The first-order valence-corrected chi connectivity index (χ1v) is 9.07. The molecule has 0 bridgehead atoms. The molecule has 1 atom stereocenters. The molecule has 8 nitrogen and oxygen atoms in total. The zero-order valence-electron chi connectivity index (χ0n) is 16.0. The number of hydrogen-bond acceptors (Lipinski definition) is 5. The first-order valence-electron chi connectivity index (χ1n) is 9.07. The normalized spacial score (nSPS) is 12.2. The Morgan fingerprint density at radius 2 is 2.11 bits per heavy atom. The van der Waals surface area contributed by atoms with Gasteiger partial charge in [0.15, 0.2) is 5.65 Å². The van der Waals surface area contributed by atoms with Gasteiger partial charge in [0.2, 0.25) is 0 Å². The summed E-state index contributed by atoms with van der Waals surface area (Å²) in [5.74, 6) is 0.920. The lowest BCUT2D eigenvalue weighted by molar-refractivity contribution is 0.102. The number of rotatable bonds is 5. The van der Waals surface area contributed by atoms with E-state index in [1.165, 1.54) is 0 Å². The van der Waals surface area contributed by atoms with Crippen molar-refractivity contribution in [2.24, 2.45) is 7.05 Å². The van der Waals surface area contributed by atoms with Crippen LogP contribution in [0.5, 0.6) is 0 Å². The van der Waals surface area contributed by atoms with Crippen molar-refractivity contribution in [3.8, 4) is 0 Å². The van der Waals surface area contributed by atoms with Crippen molar-refractivity contribution in [1.29, 1.82) is 0 Å². The molecule has 142 valence electrons. The van der Waals surface area contributed by atoms with Gasteiger partial charge in [-0.25, -0.2) is 9.50 Å². The number of amides is 1. The minimum atomic E-state index is -0.245. The number of carbonyl (C=O) groups excluding carboxylic acids is 1. The standard InChI is InChI=1S/C20H21N7O/c1-13(9-19-25-21-12-26(19)3)15-5-4-6-16(11-15)23-20(28)17-10-14(2)27-18(24-17)7-8-22-27/h4-8,10-13H,9H2,1-3H3,(H,23,28)/t13-/m1/s1. The Labute approximate surface area is 162 Å². The van der Waals surface area contributed by atoms with Crippen molar-refractivity contribution >= 4 is 17.2 Å². The number of nitrogens with one attached hydrogen (secondary N) is 1. The maximum Gasteiger partial charge on any atom is 0.274 e. The lowest BCUT2D eigenvalue weighted by atomic mass is 9.97. The third-order valence-corrected chi connectivity index (χ3v) is 4.78.